The van der Waals surface area contributed by atoms with Crippen LogP contribution in [0.4, 0.5) is 0 Å². The van der Waals surface area contributed by atoms with Crippen molar-refractivity contribution in [2.45, 2.75) is 19.8 Å². The summed E-state index contributed by atoms with van der Waals surface area (Å²) < 4.78 is 10.6. The molecule has 24 heavy (non-hydrogen) atoms. The van der Waals surface area contributed by atoms with E-state index in [1.165, 1.54) is 18.2 Å². The van der Waals surface area contributed by atoms with Crippen molar-refractivity contribution in [3.05, 3.63) is 28.7 Å². The lowest BCUT2D eigenvalue weighted by Crippen LogP contribution is -2.37. The molecule has 0 aromatic heterocycles. The summed E-state index contributed by atoms with van der Waals surface area (Å²) >= 11 is 1.46. The number of piperidine rings is 1. The highest BCUT2D eigenvalue weighted by Crippen LogP contribution is 2.34. The van der Waals surface area contributed by atoms with Crippen molar-refractivity contribution in [3.8, 4) is 11.5 Å². The van der Waals surface area contributed by atoms with Crippen molar-refractivity contribution < 1.29 is 14.3 Å². The molecule has 1 aromatic carbocycles. The van der Waals surface area contributed by atoms with Crippen LogP contribution in [0, 0.1) is 5.92 Å². The van der Waals surface area contributed by atoms with Gasteiger partial charge in [-0.05, 0) is 54.3 Å². The van der Waals surface area contributed by atoms with Crippen molar-refractivity contribution in [2.75, 3.05) is 27.3 Å². The summed E-state index contributed by atoms with van der Waals surface area (Å²) in [5.41, 5.74) is 0.895. The maximum atomic E-state index is 12.2. The molecule has 1 aromatic rings. The molecule has 0 bridgehead atoms. The highest BCUT2D eigenvalue weighted by atomic mass is 32.2. The van der Waals surface area contributed by atoms with Gasteiger partial charge in [0, 0.05) is 13.1 Å². The fraction of sp³-hybridized carbons (Fsp3) is 0.444. The lowest BCUT2D eigenvalue weighted by Gasteiger charge is -2.31. The number of benzene rings is 1. The van der Waals surface area contributed by atoms with Crippen molar-refractivity contribution in [2.24, 2.45) is 10.9 Å². The smallest absolute Gasteiger partial charge is 0.286 e. The standard InChI is InChI=1S/C18H22N2O3S/c1-12-5-4-8-20(11-12)18-19-17(21)16(24-18)10-13-6-7-14(22-2)15(9-13)23-3/h6-7,9-10,12H,4-5,8,11H2,1-3H3/b16-10-. The van der Waals surface area contributed by atoms with E-state index < -0.39 is 0 Å². The first-order valence-electron chi connectivity index (χ1n) is 8.10. The first kappa shape index (κ1) is 16.9. The van der Waals surface area contributed by atoms with Gasteiger partial charge < -0.3 is 14.4 Å². The predicted octanol–water partition coefficient (Wildman–Crippen LogP) is 3.41. The number of hydrogen-bond acceptors (Lipinski definition) is 5. The van der Waals surface area contributed by atoms with Crippen LogP contribution >= 0.6 is 11.8 Å². The second kappa shape index (κ2) is 7.30. The van der Waals surface area contributed by atoms with Gasteiger partial charge in [-0.2, -0.15) is 4.99 Å². The van der Waals surface area contributed by atoms with Gasteiger partial charge in [-0.15, -0.1) is 0 Å². The number of ether oxygens (including phenoxy) is 2. The Morgan fingerprint density at radius 2 is 2.08 bits per heavy atom. The summed E-state index contributed by atoms with van der Waals surface area (Å²) in [5.74, 6) is 1.80. The quantitative estimate of drug-likeness (QED) is 0.785. The average molecular weight is 346 g/mol. The predicted molar refractivity (Wildman–Crippen MR) is 97.5 cm³/mol. The number of hydrogen-bond donors (Lipinski definition) is 0. The van der Waals surface area contributed by atoms with E-state index in [0.29, 0.717) is 22.3 Å². The highest BCUT2D eigenvalue weighted by molar-refractivity contribution is 8.18. The number of methoxy groups -OCH3 is 2. The van der Waals surface area contributed by atoms with Crippen LogP contribution in [0.2, 0.25) is 0 Å². The molecule has 6 heteroatoms. The molecule has 3 rings (SSSR count). The SMILES string of the molecule is COc1ccc(/C=C2\SC(N3CCCC(C)C3)=NC2=O)cc1OC. The van der Waals surface area contributed by atoms with E-state index in [0.717, 1.165) is 30.2 Å². The van der Waals surface area contributed by atoms with Gasteiger partial charge in [0.2, 0.25) is 0 Å². The Bertz CT molecular complexity index is 700. The number of aliphatic imine (C=N–C) groups is 1. The summed E-state index contributed by atoms with van der Waals surface area (Å²) in [6.45, 7) is 4.20. The van der Waals surface area contributed by atoms with Gasteiger partial charge in [0.25, 0.3) is 5.91 Å². The maximum Gasteiger partial charge on any atom is 0.286 e. The molecule has 0 aliphatic carbocycles. The number of carbonyl (C=O) groups excluding carboxylic acids is 1. The highest BCUT2D eigenvalue weighted by Gasteiger charge is 2.28. The summed E-state index contributed by atoms with van der Waals surface area (Å²) in [7, 11) is 3.20. The minimum Gasteiger partial charge on any atom is -0.493 e. The first-order chi connectivity index (χ1) is 11.6. The van der Waals surface area contributed by atoms with Crippen molar-refractivity contribution in [1.82, 2.24) is 4.90 Å². The zero-order chi connectivity index (χ0) is 17.1. The van der Waals surface area contributed by atoms with E-state index in [-0.39, 0.29) is 5.91 Å². The van der Waals surface area contributed by atoms with Crippen LogP contribution in [0.3, 0.4) is 0 Å². The molecule has 1 atom stereocenters. The number of thioether (sulfide) groups is 1. The second-order valence-corrected chi connectivity index (χ2v) is 7.13. The first-order valence-corrected chi connectivity index (χ1v) is 8.92. The number of carbonyl (C=O) groups is 1. The van der Waals surface area contributed by atoms with Crippen LogP contribution in [0.25, 0.3) is 6.08 Å². The van der Waals surface area contributed by atoms with E-state index in [1.54, 1.807) is 14.2 Å². The molecule has 1 unspecified atom stereocenters. The summed E-state index contributed by atoms with van der Waals surface area (Å²) in [5, 5.41) is 0.832. The van der Waals surface area contributed by atoms with E-state index >= 15 is 0 Å². The van der Waals surface area contributed by atoms with Crippen LogP contribution in [-0.4, -0.2) is 43.3 Å². The minimum absolute atomic E-state index is 0.164. The third-order valence-electron chi connectivity index (χ3n) is 4.24. The van der Waals surface area contributed by atoms with Crippen molar-refractivity contribution in [3.63, 3.8) is 0 Å². The van der Waals surface area contributed by atoms with E-state index in [4.69, 9.17) is 9.47 Å². The van der Waals surface area contributed by atoms with Gasteiger partial charge in [-0.25, -0.2) is 0 Å². The van der Waals surface area contributed by atoms with Gasteiger partial charge in [0.05, 0.1) is 19.1 Å². The van der Waals surface area contributed by atoms with Crippen LogP contribution in [0.15, 0.2) is 28.1 Å². The molecule has 2 aliphatic rings. The molecule has 0 radical (unpaired) electrons. The Labute approximate surface area is 146 Å². The van der Waals surface area contributed by atoms with Crippen LogP contribution in [-0.2, 0) is 4.79 Å². The molecule has 1 amide bonds. The molecule has 1 saturated heterocycles. The number of likely N-dealkylation sites (tertiary alicyclic amines) is 1. The Balaban J connectivity index is 1.77. The lowest BCUT2D eigenvalue weighted by atomic mass is 10.0. The fourth-order valence-electron chi connectivity index (χ4n) is 2.99. The third-order valence-corrected chi connectivity index (χ3v) is 5.29. The second-order valence-electron chi connectivity index (χ2n) is 6.12. The lowest BCUT2D eigenvalue weighted by molar-refractivity contribution is -0.113. The van der Waals surface area contributed by atoms with E-state index in [2.05, 4.69) is 16.8 Å². The Hall–Kier alpha value is -1.95. The largest absolute Gasteiger partial charge is 0.493 e. The van der Waals surface area contributed by atoms with Gasteiger partial charge in [0.15, 0.2) is 16.7 Å². The summed E-state index contributed by atoms with van der Waals surface area (Å²) in [4.78, 5) is 19.4. The Morgan fingerprint density at radius 3 is 2.79 bits per heavy atom. The number of amidine groups is 1. The van der Waals surface area contributed by atoms with Crippen molar-refractivity contribution in [1.29, 1.82) is 0 Å². The molecule has 2 heterocycles. The summed E-state index contributed by atoms with van der Waals surface area (Å²) in [6.07, 6.45) is 4.26. The average Bonchev–Trinajstić information content (AvgIpc) is 2.95. The molecule has 0 N–H and O–H groups in total. The zero-order valence-electron chi connectivity index (χ0n) is 14.2. The normalized spacial score (nSPS) is 22.7. The minimum atomic E-state index is -0.164. The Kier molecular flexibility index (Phi) is 5.14. The fourth-order valence-corrected chi connectivity index (χ4v) is 3.94. The molecular weight excluding hydrogens is 324 g/mol. The van der Waals surface area contributed by atoms with Gasteiger partial charge >= 0.3 is 0 Å². The summed E-state index contributed by atoms with van der Waals surface area (Å²) in [6, 6.07) is 5.60. The molecule has 0 saturated carbocycles. The van der Waals surface area contributed by atoms with Crippen molar-refractivity contribution >= 4 is 28.9 Å². The van der Waals surface area contributed by atoms with Crippen LogP contribution in [0.1, 0.15) is 25.3 Å². The molecule has 128 valence electrons. The van der Waals surface area contributed by atoms with E-state index in [9.17, 15) is 4.79 Å². The van der Waals surface area contributed by atoms with E-state index in [1.807, 2.05) is 24.3 Å². The monoisotopic (exact) mass is 346 g/mol. The molecule has 0 spiro atoms. The Morgan fingerprint density at radius 1 is 1.29 bits per heavy atom. The van der Waals surface area contributed by atoms with Gasteiger partial charge in [0.1, 0.15) is 0 Å². The molecule has 2 aliphatic heterocycles. The molecular formula is C18H22N2O3S. The number of amides is 1. The van der Waals surface area contributed by atoms with Gasteiger partial charge in [-0.1, -0.05) is 13.0 Å². The number of nitrogens with zero attached hydrogens (tertiary/aromatic N) is 2. The third kappa shape index (κ3) is 3.59. The zero-order valence-corrected chi connectivity index (χ0v) is 15.1. The molecule has 1 fully saturated rings. The van der Waals surface area contributed by atoms with Gasteiger partial charge in [-0.3, -0.25) is 4.79 Å². The topological polar surface area (TPSA) is 51.1 Å². The van der Waals surface area contributed by atoms with Crippen LogP contribution < -0.4 is 9.47 Å². The maximum absolute atomic E-state index is 12.2. The molecule has 5 nitrogen and oxygen atoms in total. The number of rotatable bonds is 3. The van der Waals surface area contributed by atoms with Crippen LogP contribution in [0.5, 0.6) is 11.5 Å².